The molecule has 3 aliphatic heterocycles. The Morgan fingerprint density at radius 3 is 2.35 bits per heavy atom. The molecular formula is C29H40N4O4. The molecular weight excluding hydrogens is 468 g/mol. The largest absolute Gasteiger partial charge is 0.467 e. The van der Waals surface area contributed by atoms with Crippen LogP contribution in [-0.2, 0) is 9.53 Å². The van der Waals surface area contributed by atoms with Crippen LogP contribution in [0.5, 0.6) is 0 Å². The molecule has 2 bridgehead atoms. The molecule has 0 spiro atoms. The van der Waals surface area contributed by atoms with E-state index in [1.165, 1.54) is 64.9 Å². The number of anilines is 1. The lowest BCUT2D eigenvalue weighted by atomic mass is 9.89. The summed E-state index contributed by atoms with van der Waals surface area (Å²) < 4.78 is 6.82. The minimum atomic E-state index is -1.61. The lowest BCUT2D eigenvalue weighted by Gasteiger charge is -2.45. The first-order chi connectivity index (χ1) is 18.0. The molecule has 0 amide bonds. The number of aliphatic hydroxyl groups is 1. The standard InChI is InChI=1S/C29H40N4O4/c1-37-28(35)29(36)15-16-31(19-29)26-27(34)33(25-12-8-7-11-24(25)30-26)23-17-21-13-14-22(18-23)32(21)20-9-5-3-2-4-6-10-20/h7-8,11-12,20-23,36H,2-6,9-10,13-19H2,1H3. The van der Waals surface area contributed by atoms with Gasteiger partial charge in [-0.25, -0.2) is 9.78 Å². The third-order valence-electron chi connectivity index (χ3n) is 9.52. The molecule has 4 fully saturated rings. The first-order valence-corrected chi connectivity index (χ1v) is 14.3. The van der Waals surface area contributed by atoms with Crippen molar-refractivity contribution in [3.05, 3.63) is 34.6 Å². The van der Waals surface area contributed by atoms with Crippen LogP contribution in [0.3, 0.4) is 0 Å². The number of fused-ring (bicyclic) bond motifs is 3. The second-order valence-electron chi connectivity index (χ2n) is 11.8. The van der Waals surface area contributed by atoms with Crippen molar-refractivity contribution >= 4 is 22.8 Å². The molecule has 8 nitrogen and oxygen atoms in total. The monoisotopic (exact) mass is 508 g/mol. The van der Waals surface area contributed by atoms with Crippen LogP contribution >= 0.6 is 0 Å². The summed E-state index contributed by atoms with van der Waals surface area (Å²) in [5.41, 5.74) is -0.0685. The lowest BCUT2D eigenvalue weighted by Crippen LogP contribution is -2.50. The normalized spacial score (nSPS) is 31.4. The zero-order chi connectivity index (χ0) is 25.6. The van der Waals surface area contributed by atoms with Crippen molar-refractivity contribution in [2.75, 3.05) is 25.1 Å². The number of aromatic nitrogens is 2. The van der Waals surface area contributed by atoms with Crippen molar-refractivity contribution < 1.29 is 14.6 Å². The molecule has 6 rings (SSSR count). The van der Waals surface area contributed by atoms with E-state index < -0.39 is 11.6 Å². The van der Waals surface area contributed by atoms with Gasteiger partial charge in [0.05, 0.1) is 24.7 Å². The number of benzene rings is 1. The van der Waals surface area contributed by atoms with Crippen LogP contribution in [0.1, 0.15) is 83.1 Å². The Labute approximate surface area is 218 Å². The average molecular weight is 509 g/mol. The predicted molar refractivity (Wildman–Crippen MR) is 143 cm³/mol. The first kappa shape index (κ1) is 24.9. The van der Waals surface area contributed by atoms with Gasteiger partial charge in [0, 0.05) is 37.1 Å². The molecule has 4 heterocycles. The number of esters is 1. The summed E-state index contributed by atoms with van der Waals surface area (Å²) >= 11 is 0. The van der Waals surface area contributed by atoms with Crippen molar-refractivity contribution in [2.24, 2.45) is 0 Å². The summed E-state index contributed by atoms with van der Waals surface area (Å²) in [5.74, 6) is -0.331. The lowest BCUT2D eigenvalue weighted by molar-refractivity contribution is -0.159. The summed E-state index contributed by atoms with van der Waals surface area (Å²) in [4.78, 5) is 35.6. The van der Waals surface area contributed by atoms with Crippen molar-refractivity contribution in [1.29, 1.82) is 0 Å². The molecule has 3 unspecified atom stereocenters. The number of nitrogens with zero attached hydrogens (tertiary/aromatic N) is 4. The van der Waals surface area contributed by atoms with Gasteiger partial charge in [0.1, 0.15) is 0 Å². The highest BCUT2D eigenvalue weighted by Crippen LogP contribution is 2.44. The molecule has 8 heteroatoms. The van der Waals surface area contributed by atoms with Crippen molar-refractivity contribution in [3.8, 4) is 0 Å². The number of methoxy groups -OCH3 is 1. The van der Waals surface area contributed by atoms with Crippen LogP contribution < -0.4 is 10.5 Å². The van der Waals surface area contributed by atoms with Crippen LogP contribution in [0.2, 0.25) is 0 Å². The van der Waals surface area contributed by atoms with Gasteiger partial charge in [0.25, 0.3) is 5.56 Å². The fourth-order valence-corrected chi connectivity index (χ4v) is 7.77. The molecule has 37 heavy (non-hydrogen) atoms. The van der Waals surface area contributed by atoms with E-state index in [0.29, 0.717) is 30.5 Å². The highest BCUT2D eigenvalue weighted by Gasteiger charge is 2.47. The minimum absolute atomic E-state index is 0.0195. The third kappa shape index (κ3) is 4.46. The molecule has 3 atom stereocenters. The average Bonchev–Trinajstić information content (AvgIpc) is 3.40. The molecule has 2 aromatic rings. The number of hydrogen-bond donors (Lipinski definition) is 1. The van der Waals surface area contributed by atoms with E-state index in [-0.39, 0.29) is 24.6 Å². The van der Waals surface area contributed by atoms with E-state index in [0.717, 1.165) is 23.9 Å². The Kier molecular flexibility index (Phi) is 6.74. The van der Waals surface area contributed by atoms with E-state index in [1.54, 1.807) is 4.90 Å². The van der Waals surface area contributed by atoms with Crippen LogP contribution in [0, 0.1) is 0 Å². The second-order valence-corrected chi connectivity index (χ2v) is 11.8. The Morgan fingerprint density at radius 2 is 1.65 bits per heavy atom. The molecule has 4 aliphatic rings. The quantitative estimate of drug-likeness (QED) is 0.629. The Bertz CT molecular complexity index is 1190. The molecule has 1 aliphatic carbocycles. The summed E-state index contributed by atoms with van der Waals surface area (Å²) in [7, 11) is 1.28. The van der Waals surface area contributed by atoms with Gasteiger partial charge < -0.3 is 19.3 Å². The highest BCUT2D eigenvalue weighted by molar-refractivity contribution is 5.81. The van der Waals surface area contributed by atoms with E-state index in [2.05, 4.69) is 4.90 Å². The van der Waals surface area contributed by atoms with Crippen LogP contribution in [0.15, 0.2) is 29.1 Å². The molecule has 1 N–H and O–H groups in total. The molecule has 200 valence electrons. The minimum Gasteiger partial charge on any atom is -0.467 e. The third-order valence-corrected chi connectivity index (χ3v) is 9.52. The predicted octanol–water partition coefficient (Wildman–Crippen LogP) is 3.79. The fraction of sp³-hybridized carbons (Fsp3) is 0.690. The van der Waals surface area contributed by atoms with E-state index in [9.17, 15) is 14.7 Å². The molecule has 1 aromatic carbocycles. The summed E-state index contributed by atoms with van der Waals surface area (Å²) in [6.07, 6.45) is 14.1. The zero-order valence-corrected chi connectivity index (χ0v) is 22.0. The first-order valence-electron chi connectivity index (χ1n) is 14.3. The zero-order valence-electron chi connectivity index (χ0n) is 22.0. The number of rotatable bonds is 4. The Hall–Kier alpha value is -2.45. The van der Waals surface area contributed by atoms with Gasteiger partial charge in [-0.2, -0.15) is 0 Å². The number of ether oxygens (including phenoxy) is 1. The number of β-amino-alcohol motifs (C(OH)–C–C–N with tert-alkyl or cyclic N) is 1. The molecule has 1 aromatic heterocycles. The maximum Gasteiger partial charge on any atom is 0.339 e. The van der Waals surface area contributed by atoms with E-state index >= 15 is 0 Å². The van der Waals surface area contributed by atoms with Gasteiger partial charge in [-0.1, -0.05) is 44.2 Å². The molecule has 3 saturated heterocycles. The van der Waals surface area contributed by atoms with Crippen LogP contribution in [0.25, 0.3) is 11.0 Å². The summed E-state index contributed by atoms with van der Waals surface area (Å²) in [6.45, 7) is 0.406. The van der Waals surface area contributed by atoms with Gasteiger partial charge in [-0.15, -0.1) is 0 Å². The number of hydrogen-bond acceptors (Lipinski definition) is 7. The van der Waals surface area contributed by atoms with Gasteiger partial charge in [-0.3, -0.25) is 9.69 Å². The van der Waals surface area contributed by atoms with Crippen molar-refractivity contribution in [3.63, 3.8) is 0 Å². The van der Waals surface area contributed by atoms with Crippen molar-refractivity contribution in [2.45, 2.75) is 107 Å². The topological polar surface area (TPSA) is 87.9 Å². The van der Waals surface area contributed by atoms with Gasteiger partial charge >= 0.3 is 5.97 Å². The maximum absolute atomic E-state index is 14.1. The Balaban J connectivity index is 1.32. The summed E-state index contributed by atoms with van der Waals surface area (Å²) in [6, 6.07) is 9.77. The van der Waals surface area contributed by atoms with Gasteiger partial charge in [0.15, 0.2) is 11.4 Å². The fourth-order valence-electron chi connectivity index (χ4n) is 7.77. The van der Waals surface area contributed by atoms with Crippen LogP contribution in [0.4, 0.5) is 5.82 Å². The number of piperidine rings is 1. The van der Waals surface area contributed by atoms with E-state index in [4.69, 9.17) is 9.72 Å². The van der Waals surface area contributed by atoms with Crippen molar-refractivity contribution in [1.82, 2.24) is 14.5 Å². The van der Waals surface area contributed by atoms with Gasteiger partial charge in [-0.05, 0) is 50.7 Å². The Morgan fingerprint density at radius 1 is 0.973 bits per heavy atom. The van der Waals surface area contributed by atoms with Gasteiger partial charge in [0.2, 0.25) is 0 Å². The summed E-state index contributed by atoms with van der Waals surface area (Å²) in [5, 5.41) is 10.8. The number of carbonyl (C=O) groups excluding carboxylic acids is 1. The smallest absolute Gasteiger partial charge is 0.339 e. The van der Waals surface area contributed by atoms with Crippen LogP contribution in [-0.4, -0.2) is 69.5 Å². The molecule has 0 radical (unpaired) electrons. The van der Waals surface area contributed by atoms with E-state index in [1.807, 2.05) is 28.8 Å². The molecule has 1 saturated carbocycles. The SMILES string of the molecule is COC(=O)C1(O)CCN(c2nc3ccccc3n(C3CC4CCC(C3)N4C3CCCCCCC3)c2=O)C1. The number of para-hydroxylation sites is 2. The number of carbonyl (C=O) groups is 1. The highest BCUT2D eigenvalue weighted by atomic mass is 16.5. The second kappa shape index (κ2) is 10.0. The maximum atomic E-state index is 14.1.